The molecule has 0 radical (unpaired) electrons. The predicted octanol–water partition coefficient (Wildman–Crippen LogP) is 2.81. The van der Waals surface area contributed by atoms with E-state index in [1.54, 1.807) is 7.11 Å². The molecule has 0 fully saturated rings. The Balaban J connectivity index is 0.00000121. The van der Waals surface area contributed by atoms with Crippen molar-refractivity contribution >= 4 is 0 Å². The molecule has 0 saturated carbocycles. The van der Waals surface area contributed by atoms with E-state index in [0.29, 0.717) is 0 Å². The van der Waals surface area contributed by atoms with E-state index in [0.717, 1.165) is 12.2 Å². The van der Waals surface area contributed by atoms with Crippen molar-refractivity contribution in [3.63, 3.8) is 0 Å². The van der Waals surface area contributed by atoms with E-state index in [1.807, 2.05) is 12.1 Å². The molecule has 2 nitrogen and oxygen atoms in total. The van der Waals surface area contributed by atoms with Gasteiger partial charge in [-0.2, -0.15) is 0 Å². The molecule has 12 heavy (non-hydrogen) atoms. The van der Waals surface area contributed by atoms with Crippen LogP contribution in [-0.4, -0.2) is 7.11 Å². The summed E-state index contributed by atoms with van der Waals surface area (Å²) in [5.74, 6) is 0.935. The molecule has 0 spiro atoms. The van der Waals surface area contributed by atoms with Crippen LogP contribution in [0.25, 0.3) is 0 Å². The highest BCUT2D eigenvalue weighted by Crippen LogP contribution is 2.11. The molecular weight excluding hydrogens is 150 g/mol. The topological polar surface area (TPSA) is 44.2 Å². The molecule has 1 rings (SSSR count). The second kappa shape index (κ2) is 5.61. The number of ether oxygens (including phenoxy) is 1. The van der Waals surface area contributed by atoms with E-state index in [1.165, 1.54) is 12.0 Å². The summed E-state index contributed by atoms with van der Waals surface area (Å²) in [6, 6.07) is 8.24. The molecule has 0 bridgehead atoms. The van der Waals surface area contributed by atoms with Gasteiger partial charge in [-0.25, -0.2) is 0 Å². The zero-order valence-corrected chi connectivity index (χ0v) is 7.84. The minimum Gasteiger partial charge on any atom is -0.497 e. The third-order valence-electron chi connectivity index (χ3n) is 1.70. The predicted molar refractivity (Wildman–Crippen MR) is 52.0 cm³/mol. The average Bonchev–Trinajstić information content (AvgIpc) is 2.07. The van der Waals surface area contributed by atoms with Crippen LogP contribution in [0.2, 0.25) is 0 Å². The number of hydrogen-bond donors (Lipinski definition) is 1. The van der Waals surface area contributed by atoms with E-state index >= 15 is 0 Å². The Hall–Kier alpha value is -1.02. The van der Waals surface area contributed by atoms with Gasteiger partial charge in [0.15, 0.2) is 0 Å². The van der Waals surface area contributed by atoms with Gasteiger partial charge in [0.1, 0.15) is 5.75 Å². The lowest BCUT2D eigenvalue weighted by Gasteiger charge is -2.00. The molecule has 2 heteroatoms. The summed E-state index contributed by atoms with van der Waals surface area (Å²) >= 11 is 0. The Morgan fingerprint density at radius 1 is 1.17 bits per heavy atom. The molecule has 0 unspecified atom stereocenters. The van der Waals surface area contributed by atoms with E-state index in [4.69, 9.17) is 4.74 Å². The largest absolute Gasteiger partial charge is 0.497 e. The van der Waals surface area contributed by atoms with Crippen LogP contribution in [0.4, 0.5) is 0 Å². The van der Waals surface area contributed by atoms with E-state index in [9.17, 15) is 0 Å². The number of benzene rings is 1. The van der Waals surface area contributed by atoms with Gasteiger partial charge >= 0.3 is 0 Å². The maximum absolute atomic E-state index is 5.05. The summed E-state index contributed by atoms with van der Waals surface area (Å²) in [6.07, 6.45) is 2.36. The lowest BCUT2D eigenvalue weighted by Crippen LogP contribution is -1.84. The highest BCUT2D eigenvalue weighted by atomic mass is 16.5. The van der Waals surface area contributed by atoms with Gasteiger partial charge in [-0.15, -0.1) is 0 Å². The second-order valence-electron chi connectivity index (χ2n) is 2.60. The van der Waals surface area contributed by atoms with Crippen LogP contribution in [0.1, 0.15) is 18.9 Å². The van der Waals surface area contributed by atoms with Crippen molar-refractivity contribution in [3.8, 4) is 5.75 Å². The Morgan fingerprint density at radius 3 is 2.17 bits per heavy atom. The molecule has 0 saturated heterocycles. The van der Waals surface area contributed by atoms with Gasteiger partial charge in [-0.3, -0.25) is 0 Å². The summed E-state index contributed by atoms with van der Waals surface area (Å²) in [6.45, 7) is 2.18. The Kier molecular flexibility index (Phi) is 5.13. The van der Waals surface area contributed by atoms with Crippen molar-refractivity contribution in [3.05, 3.63) is 29.8 Å². The van der Waals surface area contributed by atoms with Gasteiger partial charge in [0.2, 0.25) is 0 Å². The molecular formula is C10H17NO. The second-order valence-corrected chi connectivity index (χ2v) is 2.60. The fraction of sp³-hybridized carbons (Fsp3) is 0.400. The van der Waals surface area contributed by atoms with Crippen LogP contribution in [0, 0.1) is 0 Å². The summed E-state index contributed by atoms with van der Waals surface area (Å²) < 4.78 is 5.05. The number of hydrogen-bond acceptors (Lipinski definition) is 2. The molecule has 0 aliphatic heterocycles. The molecule has 0 atom stereocenters. The highest BCUT2D eigenvalue weighted by molar-refractivity contribution is 5.27. The summed E-state index contributed by atoms with van der Waals surface area (Å²) in [4.78, 5) is 0. The maximum Gasteiger partial charge on any atom is 0.118 e. The molecule has 0 aliphatic carbocycles. The van der Waals surface area contributed by atoms with Crippen molar-refractivity contribution in [1.29, 1.82) is 0 Å². The summed E-state index contributed by atoms with van der Waals surface area (Å²) in [5, 5.41) is 0. The summed E-state index contributed by atoms with van der Waals surface area (Å²) in [5.41, 5.74) is 1.38. The number of methoxy groups -OCH3 is 1. The van der Waals surface area contributed by atoms with Gasteiger partial charge in [-0.1, -0.05) is 25.5 Å². The Morgan fingerprint density at radius 2 is 1.75 bits per heavy atom. The molecule has 0 aromatic heterocycles. The molecule has 1 aromatic carbocycles. The van der Waals surface area contributed by atoms with Crippen LogP contribution in [0.5, 0.6) is 5.75 Å². The molecule has 3 N–H and O–H groups in total. The van der Waals surface area contributed by atoms with Gasteiger partial charge < -0.3 is 10.9 Å². The van der Waals surface area contributed by atoms with E-state index in [2.05, 4.69) is 19.1 Å². The normalized spacial score (nSPS) is 8.83. The van der Waals surface area contributed by atoms with Gasteiger partial charge in [0.25, 0.3) is 0 Å². The first-order valence-electron chi connectivity index (χ1n) is 3.99. The molecule has 0 aliphatic rings. The van der Waals surface area contributed by atoms with E-state index < -0.39 is 0 Å². The summed E-state index contributed by atoms with van der Waals surface area (Å²) in [7, 11) is 1.69. The van der Waals surface area contributed by atoms with Crippen LogP contribution in [0.15, 0.2) is 24.3 Å². The quantitative estimate of drug-likeness (QED) is 0.752. The van der Waals surface area contributed by atoms with Crippen molar-refractivity contribution in [2.75, 3.05) is 7.11 Å². The van der Waals surface area contributed by atoms with Gasteiger partial charge in [0.05, 0.1) is 7.11 Å². The lowest BCUT2D eigenvalue weighted by atomic mass is 10.1. The zero-order valence-electron chi connectivity index (χ0n) is 7.84. The molecule has 68 valence electrons. The smallest absolute Gasteiger partial charge is 0.118 e. The zero-order chi connectivity index (χ0) is 8.10. The Bertz CT molecular complexity index is 206. The van der Waals surface area contributed by atoms with Crippen molar-refractivity contribution in [2.45, 2.75) is 19.8 Å². The third kappa shape index (κ3) is 2.93. The number of aryl methyl sites for hydroxylation is 1. The van der Waals surface area contributed by atoms with E-state index in [-0.39, 0.29) is 6.15 Å². The van der Waals surface area contributed by atoms with Crippen LogP contribution >= 0.6 is 0 Å². The van der Waals surface area contributed by atoms with Crippen molar-refractivity contribution in [2.24, 2.45) is 0 Å². The molecule has 1 aromatic rings. The van der Waals surface area contributed by atoms with Crippen molar-refractivity contribution in [1.82, 2.24) is 6.15 Å². The van der Waals surface area contributed by atoms with Crippen LogP contribution in [0.3, 0.4) is 0 Å². The van der Waals surface area contributed by atoms with Crippen LogP contribution in [-0.2, 0) is 6.42 Å². The van der Waals surface area contributed by atoms with Gasteiger partial charge in [-0.05, 0) is 24.1 Å². The fourth-order valence-electron chi connectivity index (χ4n) is 1.08. The maximum atomic E-state index is 5.05. The highest BCUT2D eigenvalue weighted by Gasteiger charge is 1.91. The first-order chi connectivity index (χ1) is 5.36. The minimum absolute atomic E-state index is 0. The molecule has 0 amide bonds. The lowest BCUT2D eigenvalue weighted by molar-refractivity contribution is 0.414. The SMILES string of the molecule is CCCc1ccc(OC)cc1.N. The van der Waals surface area contributed by atoms with Crippen molar-refractivity contribution < 1.29 is 4.74 Å². The first-order valence-corrected chi connectivity index (χ1v) is 3.99. The fourth-order valence-corrected chi connectivity index (χ4v) is 1.08. The number of rotatable bonds is 3. The molecule has 0 heterocycles. The standard InChI is InChI=1S/C10H14O.H3N/c1-3-4-9-5-7-10(11-2)8-6-9;/h5-8H,3-4H2,1-2H3;1H3. The monoisotopic (exact) mass is 167 g/mol. The average molecular weight is 167 g/mol. The van der Waals surface area contributed by atoms with Crippen LogP contribution < -0.4 is 10.9 Å². The minimum atomic E-state index is 0. The first kappa shape index (κ1) is 11.0. The van der Waals surface area contributed by atoms with Gasteiger partial charge in [0, 0.05) is 0 Å². The Labute approximate surface area is 74.1 Å². The third-order valence-corrected chi connectivity index (χ3v) is 1.70.